The third-order valence-corrected chi connectivity index (χ3v) is 3.54. The summed E-state index contributed by atoms with van der Waals surface area (Å²) in [6.45, 7) is 0.478. The Balaban J connectivity index is 0.00000147. The monoisotopic (exact) mass is 308 g/mol. The lowest BCUT2D eigenvalue weighted by Gasteiger charge is -2.15. The molecule has 0 spiro atoms. The number of aliphatic hydroxyl groups excluding tert-OH is 1. The van der Waals surface area contributed by atoms with Gasteiger partial charge in [0.1, 0.15) is 0 Å². The van der Waals surface area contributed by atoms with Crippen LogP contribution in [0.3, 0.4) is 0 Å². The lowest BCUT2D eigenvalue weighted by molar-refractivity contribution is 0.158. The minimum atomic E-state index is -0.587. The van der Waals surface area contributed by atoms with Crippen molar-refractivity contribution in [1.29, 1.82) is 0 Å². The normalized spacial score (nSPS) is 12.1. The van der Waals surface area contributed by atoms with E-state index in [1.807, 2.05) is 47.2 Å². The van der Waals surface area contributed by atoms with E-state index in [9.17, 15) is 5.11 Å². The van der Waals surface area contributed by atoms with E-state index in [2.05, 4.69) is 4.98 Å². The second-order valence-electron chi connectivity index (χ2n) is 4.46. The summed E-state index contributed by atoms with van der Waals surface area (Å²) in [6.07, 6.45) is 4.64. The van der Waals surface area contributed by atoms with E-state index in [1.54, 1.807) is 12.5 Å². The molecule has 1 atom stereocenters. The third kappa shape index (κ3) is 2.80. The van der Waals surface area contributed by atoms with Gasteiger partial charge in [-0.3, -0.25) is 0 Å². The maximum Gasteiger partial charge on any atom is 0.0975 e. The molecule has 0 saturated carbocycles. The van der Waals surface area contributed by atoms with Gasteiger partial charge < -0.3 is 9.67 Å². The molecule has 0 aliphatic carbocycles. The minimum absolute atomic E-state index is 0. The molecule has 0 saturated heterocycles. The highest BCUT2D eigenvalue weighted by molar-refractivity contribution is 6.35. The summed E-state index contributed by atoms with van der Waals surface area (Å²) in [7, 11) is 0. The smallest absolute Gasteiger partial charge is 0.0975 e. The van der Waals surface area contributed by atoms with Gasteiger partial charge >= 0.3 is 0 Å². The van der Waals surface area contributed by atoms with Gasteiger partial charge in [-0.1, -0.05) is 41.9 Å². The lowest BCUT2D eigenvalue weighted by atomic mass is 10.0. The van der Waals surface area contributed by atoms with Crippen LogP contribution in [0.4, 0.5) is 0 Å². The number of hydrogen-bond donors (Lipinski definition) is 1. The molecule has 0 bridgehead atoms. The molecule has 0 radical (unpaired) electrons. The van der Waals surface area contributed by atoms with E-state index >= 15 is 0 Å². The quantitative estimate of drug-likeness (QED) is 0.798. The number of benzene rings is 2. The average molecular weight is 309 g/mol. The first-order chi connectivity index (χ1) is 9.25. The number of rotatable bonds is 3. The fourth-order valence-electron chi connectivity index (χ4n) is 2.27. The van der Waals surface area contributed by atoms with Crippen LogP contribution in [0.25, 0.3) is 10.8 Å². The van der Waals surface area contributed by atoms with Gasteiger partial charge in [-0.15, -0.1) is 12.4 Å². The van der Waals surface area contributed by atoms with E-state index in [0.29, 0.717) is 11.6 Å². The van der Waals surface area contributed by atoms with E-state index in [4.69, 9.17) is 11.6 Å². The topological polar surface area (TPSA) is 38.0 Å². The fourth-order valence-corrected chi connectivity index (χ4v) is 2.50. The Morgan fingerprint density at radius 1 is 1.15 bits per heavy atom. The Morgan fingerprint density at radius 3 is 2.60 bits per heavy atom. The Bertz CT molecular complexity index is 698. The van der Waals surface area contributed by atoms with Crippen LogP contribution in [0, 0.1) is 0 Å². The van der Waals surface area contributed by atoms with E-state index in [0.717, 1.165) is 16.3 Å². The molecule has 0 aliphatic rings. The number of hydrogen-bond acceptors (Lipinski definition) is 2. The van der Waals surface area contributed by atoms with Gasteiger partial charge in [0.2, 0.25) is 0 Å². The Labute approximate surface area is 128 Å². The molecule has 20 heavy (non-hydrogen) atoms. The molecule has 3 aromatic rings. The molecule has 1 heterocycles. The number of aromatic nitrogens is 2. The number of imidazole rings is 1. The second kappa shape index (κ2) is 6.27. The Hall–Kier alpha value is -1.55. The van der Waals surface area contributed by atoms with Crippen LogP contribution < -0.4 is 0 Å². The Kier molecular flexibility index (Phi) is 4.65. The minimum Gasteiger partial charge on any atom is -0.387 e. The molecule has 1 N–H and O–H groups in total. The molecule has 104 valence electrons. The van der Waals surface area contributed by atoms with Gasteiger partial charge in [0.05, 0.1) is 19.0 Å². The molecule has 3 nitrogen and oxygen atoms in total. The SMILES string of the molecule is Cl.OC(Cn1ccnc1)c1ccc(Cl)c2ccccc12. The summed E-state index contributed by atoms with van der Waals surface area (Å²) in [5.74, 6) is 0. The Morgan fingerprint density at radius 2 is 1.90 bits per heavy atom. The van der Waals surface area contributed by atoms with Crippen molar-refractivity contribution in [3.05, 3.63) is 65.7 Å². The first-order valence-corrected chi connectivity index (χ1v) is 6.44. The first-order valence-electron chi connectivity index (χ1n) is 6.06. The molecule has 0 amide bonds. The molecular weight excluding hydrogens is 295 g/mol. The highest BCUT2D eigenvalue weighted by Crippen LogP contribution is 2.30. The number of aliphatic hydroxyl groups is 1. The standard InChI is InChI=1S/C15H13ClN2O.ClH/c16-14-6-5-13(11-3-1-2-4-12(11)14)15(19)9-18-8-7-17-10-18;/h1-8,10,15,19H,9H2;1H. The van der Waals surface area contributed by atoms with Gasteiger partial charge in [-0.05, 0) is 17.0 Å². The van der Waals surface area contributed by atoms with Gasteiger partial charge in [0.25, 0.3) is 0 Å². The van der Waals surface area contributed by atoms with E-state index in [-0.39, 0.29) is 12.4 Å². The van der Waals surface area contributed by atoms with Crippen molar-refractivity contribution in [3.63, 3.8) is 0 Å². The zero-order chi connectivity index (χ0) is 13.2. The molecule has 1 aromatic heterocycles. The van der Waals surface area contributed by atoms with Crippen molar-refractivity contribution >= 4 is 34.8 Å². The van der Waals surface area contributed by atoms with Crippen molar-refractivity contribution in [2.75, 3.05) is 0 Å². The van der Waals surface area contributed by atoms with E-state index < -0.39 is 6.10 Å². The summed E-state index contributed by atoms with van der Waals surface area (Å²) in [6, 6.07) is 11.5. The van der Waals surface area contributed by atoms with Crippen LogP contribution in [0.1, 0.15) is 11.7 Å². The van der Waals surface area contributed by atoms with Crippen LogP contribution >= 0.6 is 24.0 Å². The number of nitrogens with zero attached hydrogens (tertiary/aromatic N) is 2. The predicted molar refractivity (Wildman–Crippen MR) is 83.4 cm³/mol. The van der Waals surface area contributed by atoms with Crippen molar-refractivity contribution < 1.29 is 5.11 Å². The number of halogens is 2. The lowest BCUT2D eigenvalue weighted by Crippen LogP contribution is -2.07. The third-order valence-electron chi connectivity index (χ3n) is 3.21. The fraction of sp³-hybridized carbons (Fsp3) is 0.133. The maximum atomic E-state index is 10.4. The van der Waals surface area contributed by atoms with Crippen LogP contribution in [0.15, 0.2) is 55.1 Å². The van der Waals surface area contributed by atoms with E-state index in [1.165, 1.54) is 0 Å². The second-order valence-corrected chi connectivity index (χ2v) is 4.86. The maximum absolute atomic E-state index is 10.4. The van der Waals surface area contributed by atoms with Crippen molar-refractivity contribution in [3.8, 4) is 0 Å². The van der Waals surface area contributed by atoms with Gasteiger partial charge in [-0.25, -0.2) is 4.98 Å². The van der Waals surface area contributed by atoms with Crippen LogP contribution in [-0.2, 0) is 6.54 Å². The molecule has 0 fully saturated rings. The summed E-state index contributed by atoms with van der Waals surface area (Å²) >= 11 is 6.18. The molecule has 2 aromatic carbocycles. The summed E-state index contributed by atoms with van der Waals surface area (Å²) in [4.78, 5) is 3.98. The zero-order valence-electron chi connectivity index (χ0n) is 10.6. The van der Waals surface area contributed by atoms with Crippen LogP contribution in [-0.4, -0.2) is 14.7 Å². The van der Waals surface area contributed by atoms with Gasteiger partial charge in [0, 0.05) is 22.8 Å². The summed E-state index contributed by atoms with van der Waals surface area (Å²) in [5.41, 5.74) is 0.883. The van der Waals surface area contributed by atoms with Crippen molar-refractivity contribution in [1.82, 2.24) is 9.55 Å². The molecular formula is C15H14Cl2N2O. The van der Waals surface area contributed by atoms with Crippen molar-refractivity contribution in [2.45, 2.75) is 12.6 Å². The molecule has 1 unspecified atom stereocenters. The zero-order valence-corrected chi connectivity index (χ0v) is 12.2. The average Bonchev–Trinajstić information content (AvgIpc) is 2.92. The number of fused-ring (bicyclic) bond motifs is 1. The van der Waals surface area contributed by atoms with Gasteiger partial charge in [-0.2, -0.15) is 0 Å². The molecule has 0 aliphatic heterocycles. The van der Waals surface area contributed by atoms with Crippen LogP contribution in [0.5, 0.6) is 0 Å². The van der Waals surface area contributed by atoms with Crippen LogP contribution in [0.2, 0.25) is 5.02 Å². The largest absolute Gasteiger partial charge is 0.387 e. The predicted octanol–water partition coefficient (Wildman–Crippen LogP) is 3.85. The molecule has 5 heteroatoms. The van der Waals surface area contributed by atoms with Gasteiger partial charge in [0.15, 0.2) is 0 Å². The van der Waals surface area contributed by atoms with Crippen molar-refractivity contribution in [2.24, 2.45) is 0 Å². The summed E-state index contributed by atoms with van der Waals surface area (Å²) < 4.78 is 1.86. The molecule has 3 rings (SSSR count). The first kappa shape index (κ1) is 14.9. The highest BCUT2D eigenvalue weighted by Gasteiger charge is 2.13. The highest BCUT2D eigenvalue weighted by atomic mass is 35.5. The summed E-state index contributed by atoms with van der Waals surface area (Å²) in [5, 5.41) is 13.0.